The Bertz CT molecular complexity index is 708. The molecule has 0 aliphatic heterocycles. The van der Waals surface area contributed by atoms with Gasteiger partial charge in [-0.15, -0.1) is 0 Å². The average molecular weight is 278 g/mol. The molecular formula is C14H18N2O2S. The lowest BCUT2D eigenvalue weighted by molar-refractivity contribution is 0.496. The van der Waals surface area contributed by atoms with Crippen LogP contribution >= 0.6 is 0 Å². The smallest absolute Gasteiger partial charge is 0.154 e. The van der Waals surface area contributed by atoms with Gasteiger partial charge in [0.15, 0.2) is 9.84 Å². The molecule has 2 N–H and O–H groups in total. The van der Waals surface area contributed by atoms with Gasteiger partial charge in [0, 0.05) is 17.8 Å². The molecule has 0 radical (unpaired) electrons. The van der Waals surface area contributed by atoms with Gasteiger partial charge in [0.2, 0.25) is 0 Å². The van der Waals surface area contributed by atoms with Gasteiger partial charge in [0.25, 0.3) is 0 Å². The van der Waals surface area contributed by atoms with Crippen LogP contribution in [-0.4, -0.2) is 24.4 Å². The van der Waals surface area contributed by atoms with Gasteiger partial charge in [0.1, 0.15) is 0 Å². The van der Waals surface area contributed by atoms with Gasteiger partial charge >= 0.3 is 0 Å². The zero-order chi connectivity index (χ0) is 14.3. The summed E-state index contributed by atoms with van der Waals surface area (Å²) in [4.78, 5) is 4.32. The summed E-state index contributed by atoms with van der Waals surface area (Å²) in [5.41, 5.74) is 7.73. The maximum Gasteiger partial charge on any atom is 0.154 e. The van der Waals surface area contributed by atoms with Gasteiger partial charge in [-0.3, -0.25) is 4.98 Å². The third-order valence-corrected chi connectivity index (χ3v) is 5.84. The van der Waals surface area contributed by atoms with E-state index in [0.717, 1.165) is 16.5 Å². The van der Waals surface area contributed by atoms with Gasteiger partial charge in [-0.1, -0.05) is 18.2 Å². The lowest BCUT2D eigenvalue weighted by Crippen LogP contribution is -2.42. The van der Waals surface area contributed by atoms with Crippen molar-refractivity contribution >= 4 is 20.7 Å². The Morgan fingerprint density at radius 1 is 1.26 bits per heavy atom. The lowest BCUT2D eigenvalue weighted by Gasteiger charge is -2.29. The Labute approximate surface area is 113 Å². The Kier molecular flexibility index (Phi) is 3.36. The lowest BCUT2D eigenvalue weighted by atomic mass is 9.96. The Balaban J connectivity index is 2.50. The van der Waals surface area contributed by atoms with Crippen molar-refractivity contribution in [3.63, 3.8) is 0 Å². The third kappa shape index (κ3) is 2.48. The van der Waals surface area contributed by atoms with Crippen molar-refractivity contribution in [3.05, 3.63) is 42.1 Å². The molecule has 1 aromatic heterocycles. The molecule has 0 bridgehead atoms. The van der Waals surface area contributed by atoms with Crippen LogP contribution in [0.2, 0.25) is 0 Å². The van der Waals surface area contributed by atoms with Crippen molar-refractivity contribution in [1.82, 2.24) is 4.98 Å². The predicted octanol–water partition coefficient (Wildman–Crippen LogP) is 2.06. The minimum Gasteiger partial charge on any atom is -0.323 e. The van der Waals surface area contributed by atoms with Gasteiger partial charge in [0.05, 0.1) is 16.3 Å². The molecule has 0 aliphatic carbocycles. The summed E-state index contributed by atoms with van der Waals surface area (Å²) < 4.78 is 22.6. The minimum absolute atomic E-state index is 0.611. The number of sulfone groups is 1. The highest BCUT2D eigenvalue weighted by Gasteiger charge is 2.37. The number of para-hydroxylation sites is 1. The van der Waals surface area contributed by atoms with E-state index in [2.05, 4.69) is 4.98 Å². The molecule has 0 spiro atoms. The molecule has 0 aliphatic rings. The van der Waals surface area contributed by atoms with Gasteiger partial charge in [-0.05, 0) is 31.5 Å². The van der Waals surface area contributed by atoms with E-state index in [-0.39, 0.29) is 0 Å². The molecule has 19 heavy (non-hydrogen) atoms. The molecule has 1 aromatic carbocycles. The maximum atomic E-state index is 11.8. The van der Waals surface area contributed by atoms with Crippen LogP contribution in [-0.2, 0) is 9.84 Å². The number of fused-ring (bicyclic) bond motifs is 1. The summed E-state index contributed by atoms with van der Waals surface area (Å²) in [6.07, 6.45) is 2.86. The number of rotatable bonds is 3. The van der Waals surface area contributed by atoms with E-state index in [1.807, 2.05) is 30.3 Å². The normalized spacial score (nSPS) is 14.5. The van der Waals surface area contributed by atoms with Crippen molar-refractivity contribution in [2.75, 3.05) is 6.26 Å². The highest BCUT2D eigenvalue weighted by atomic mass is 32.2. The molecule has 0 amide bonds. The number of hydrogen-bond donors (Lipinski definition) is 1. The topological polar surface area (TPSA) is 73.0 Å². The monoisotopic (exact) mass is 278 g/mol. The zero-order valence-electron chi connectivity index (χ0n) is 11.3. The summed E-state index contributed by atoms with van der Waals surface area (Å²) in [6, 6.07) is 8.97. The number of pyridine rings is 1. The largest absolute Gasteiger partial charge is 0.323 e. The van der Waals surface area contributed by atoms with Crippen LogP contribution < -0.4 is 5.73 Å². The van der Waals surface area contributed by atoms with E-state index >= 15 is 0 Å². The molecule has 1 heterocycles. The third-order valence-electron chi connectivity index (χ3n) is 3.68. The highest BCUT2D eigenvalue weighted by Crippen LogP contribution is 2.30. The first kappa shape index (κ1) is 14.0. The molecule has 1 unspecified atom stereocenters. The molecule has 0 saturated heterocycles. The molecule has 0 saturated carbocycles. The molecule has 4 nitrogen and oxygen atoms in total. The SMILES string of the molecule is CC(C)(C(N)c1cnc2ccccc2c1)S(C)(=O)=O. The van der Waals surface area contributed by atoms with Crippen LogP contribution in [0.15, 0.2) is 36.5 Å². The Morgan fingerprint density at radius 3 is 2.53 bits per heavy atom. The standard InChI is InChI=1S/C14H18N2O2S/c1-14(2,19(3,17)18)13(15)11-8-10-6-4-5-7-12(10)16-9-11/h4-9,13H,15H2,1-3H3. The second-order valence-electron chi connectivity index (χ2n) is 5.31. The fraction of sp³-hybridized carbons (Fsp3) is 0.357. The second-order valence-corrected chi connectivity index (χ2v) is 7.91. The number of nitrogens with two attached hydrogens (primary N) is 1. The van der Waals surface area contributed by atoms with Gasteiger partial charge < -0.3 is 5.73 Å². The van der Waals surface area contributed by atoms with E-state index < -0.39 is 20.6 Å². The molecular weight excluding hydrogens is 260 g/mol. The number of hydrogen-bond acceptors (Lipinski definition) is 4. The first-order valence-electron chi connectivity index (χ1n) is 6.03. The Morgan fingerprint density at radius 2 is 1.89 bits per heavy atom. The molecule has 2 rings (SSSR count). The van der Waals surface area contributed by atoms with Crippen LogP contribution in [0.25, 0.3) is 10.9 Å². The maximum absolute atomic E-state index is 11.8. The first-order valence-corrected chi connectivity index (χ1v) is 7.92. The number of aromatic nitrogens is 1. The summed E-state index contributed by atoms with van der Waals surface area (Å²) in [7, 11) is -3.26. The van der Waals surface area contributed by atoms with Crippen LogP contribution in [0.5, 0.6) is 0 Å². The quantitative estimate of drug-likeness (QED) is 0.932. The minimum atomic E-state index is -3.26. The van der Waals surface area contributed by atoms with E-state index in [9.17, 15) is 8.42 Å². The summed E-state index contributed by atoms with van der Waals surface area (Å²) in [5.74, 6) is 0. The van der Waals surface area contributed by atoms with E-state index in [0.29, 0.717) is 0 Å². The van der Waals surface area contributed by atoms with Gasteiger partial charge in [-0.2, -0.15) is 0 Å². The molecule has 2 aromatic rings. The van der Waals surface area contributed by atoms with E-state index in [1.54, 1.807) is 20.0 Å². The highest BCUT2D eigenvalue weighted by molar-refractivity contribution is 7.92. The number of nitrogens with zero attached hydrogens (tertiary/aromatic N) is 1. The first-order chi connectivity index (χ1) is 8.73. The molecule has 102 valence electrons. The van der Waals surface area contributed by atoms with Crippen LogP contribution in [0.3, 0.4) is 0 Å². The molecule has 1 atom stereocenters. The Hall–Kier alpha value is -1.46. The predicted molar refractivity (Wildman–Crippen MR) is 77.6 cm³/mol. The molecule has 0 fully saturated rings. The van der Waals surface area contributed by atoms with Gasteiger partial charge in [-0.25, -0.2) is 8.42 Å². The van der Waals surface area contributed by atoms with Crippen LogP contribution in [0, 0.1) is 0 Å². The fourth-order valence-corrected chi connectivity index (χ4v) is 2.49. The summed E-state index contributed by atoms with van der Waals surface area (Å²) in [5, 5.41) is 0.958. The number of benzene rings is 1. The average Bonchev–Trinajstić information content (AvgIpc) is 2.36. The molecule has 5 heteroatoms. The van der Waals surface area contributed by atoms with Crippen LogP contribution in [0.1, 0.15) is 25.5 Å². The van der Waals surface area contributed by atoms with Crippen molar-refractivity contribution in [3.8, 4) is 0 Å². The van der Waals surface area contributed by atoms with Crippen molar-refractivity contribution in [2.45, 2.75) is 24.6 Å². The van der Waals surface area contributed by atoms with Crippen molar-refractivity contribution in [2.24, 2.45) is 5.73 Å². The fourth-order valence-electron chi connectivity index (χ4n) is 1.89. The van der Waals surface area contributed by atoms with Crippen LogP contribution in [0.4, 0.5) is 0 Å². The second kappa shape index (κ2) is 4.58. The van der Waals surface area contributed by atoms with E-state index in [4.69, 9.17) is 5.73 Å². The van der Waals surface area contributed by atoms with E-state index in [1.165, 1.54) is 6.26 Å². The van der Waals surface area contributed by atoms with Crippen molar-refractivity contribution in [1.29, 1.82) is 0 Å². The summed E-state index contributed by atoms with van der Waals surface area (Å²) in [6.45, 7) is 3.28. The zero-order valence-corrected chi connectivity index (χ0v) is 12.1. The summed E-state index contributed by atoms with van der Waals surface area (Å²) >= 11 is 0. The van der Waals surface area contributed by atoms with Crippen molar-refractivity contribution < 1.29 is 8.42 Å².